The van der Waals surface area contributed by atoms with E-state index < -0.39 is 0 Å². The maximum atomic E-state index is 2.89. The van der Waals surface area contributed by atoms with Gasteiger partial charge in [-0.25, -0.2) is 0 Å². The third-order valence-corrected chi connectivity index (χ3v) is 1.21. The van der Waals surface area contributed by atoms with E-state index in [2.05, 4.69) is 12.1 Å². The normalized spacial score (nSPS) is 7.38. The van der Waals surface area contributed by atoms with Gasteiger partial charge >= 0.3 is 19.5 Å². The van der Waals surface area contributed by atoms with Gasteiger partial charge in [-0.05, 0) is 0 Å². The Kier molecular flexibility index (Phi) is 8.49. The summed E-state index contributed by atoms with van der Waals surface area (Å²) in [6.45, 7) is 0. The monoisotopic (exact) mass is 256 g/mol. The Hall–Kier alpha value is -0.937. The summed E-state index contributed by atoms with van der Waals surface area (Å²) in [6.07, 6.45) is 0. The first-order chi connectivity index (χ1) is 6.00. The second kappa shape index (κ2) is 9.15. The molecule has 0 fully saturated rings. The summed E-state index contributed by atoms with van der Waals surface area (Å²) in [5.74, 6) is 0. The zero-order valence-corrected chi connectivity index (χ0v) is 8.87. The molecule has 2 rings (SSSR count). The fourth-order valence-corrected chi connectivity index (χ4v) is 0.684. The van der Waals surface area contributed by atoms with Crippen molar-refractivity contribution in [1.29, 1.82) is 0 Å². The van der Waals surface area contributed by atoms with E-state index in [1.54, 1.807) is 0 Å². The van der Waals surface area contributed by atoms with Crippen molar-refractivity contribution in [2.75, 3.05) is 0 Å². The van der Waals surface area contributed by atoms with Crippen LogP contribution in [0.25, 0.3) is 0 Å². The van der Waals surface area contributed by atoms with Gasteiger partial charge in [0.15, 0.2) is 0 Å². The molecule has 0 radical (unpaired) electrons. The van der Waals surface area contributed by atoms with Gasteiger partial charge in [-0.2, -0.15) is 72.8 Å². The summed E-state index contributed by atoms with van der Waals surface area (Å²) in [7, 11) is 0. The Morgan fingerprint density at radius 2 is 0.769 bits per heavy atom. The molecule has 0 saturated heterocycles. The number of benzene rings is 2. The Morgan fingerprint density at radius 1 is 0.462 bits per heavy atom. The van der Waals surface area contributed by atoms with Gasteiger partial charge in [-0.3, -0.25) is 0 Å². The molecule has 0 aromatic heterocycles. The molecule has 0 nitrogen and oxygen atoms in total. The first-order valence-corrected chi connectivity index (χ1v) is 3.82. The van der Waals surface area contributed by atoms with E-state index in [9.17, 15) is 0 Å². The average Bonchev–Trinajstić information content (AvgIpc) is 2.24. The molecular formula is C12H10Ru. The first-order valence-electron chi connectivity index (χ1n) is 3.82. The fraction of sp³-hybridized carbons (Fsp3) is 0. The van der Waals surface area contributed by atoms with Crippen LogP contribution in [0.1, 0.15) is 0 Å². The van der Waals surface area contributed by atoms with E-state index in [0.29, 0.717) is 0 Å². The second-order valence-corrected chi connectivity index (χ2v) is 2.15. The van der Waals surface area contributed by atoms with Gasteiger partial charge in [0.05, 0.1) is 0 Å². The molecule has 0 unspecified atom stereocenters. The van der Waals surface area contributed by atoms with Crippen LogP contribution in [0.5, 0.6) is 0 Å². The van der Waals surface area contributed by atoms with E-state index in [-0.39, 0.29) is 19.5 Å². The number of hydrogen-bond donors (Lipinski definition) is 0. The minimum absolute atomic E-state index is 0. The smallest absolute Gasteiger partial charge is 0.184 e. The van der Waals surface area contributed by atoms with E-state index in [4.69, 9.17) is 0 Å². The van der Waals surface area contributed by atoms with Crippen molar-refractivity contribution in [3.8, 4) is 0 Å². The van der Waals surface area contributed by atoms with E-state index in [1.165, 1.54) is 0 Å². The van der Waals surface area contributed by atoms with Crippen molar-refractivity contribution in [1.82, 2.24) is 0 Å². The topological polar surface area (TPSA) is 0 Å². The van der Waals surface area contributed by atoms with Crippen LogP contribution in [0, 0.1) is 12.1 Å². The summed E-state index contributed by atoms with van der Waals surface area (Å²) in [5, 5.41) is 0. The number of hydrogen-bond acceptors (Lipinski definition) is 0. The molecule has 0 amide bonds. The Labute approximate surface area is 92.4 Å². The van der Waals surface area contributed by atoms with Crippen LogP contribution >= 0.6 is 0 Å². The van der Waals surface area contributed by atoms with Crippen LogP contribution in [0.15, 0.2) is 60.7 Å². The SMILES string of the molecule is [Ru+2].[c-]1ccccc1.[c-]1ccccc1. The van der Waals surface area contributed by atoms with Gasteiger partial charge in [0, 0.05) is 0 Å². The van der Waals surface area contributed by atoms with Gasteiger partial charge < -0.3 is 0 Å². The predicted molar refractivity (Wildman–Crippen MR) is 50.6 cm³/mol. The average molecular weight is 255 g/mol. The van der Waals surface area contributed by atoms with Gasteiger partial charge in [0.1, 0.15) is 0 Å². The molecule has 2 aromatic rings. The summed E-state index contributed by atoms with van der Waals surface area (Å²) < 4.78 is 0. The summed E-state index contributed by atoms with van der Waals surface area (Å²) >= 11 is 0. The van der Waals surface area contributed by atoms with Crippen molar-refractivity contribution in [2.45, 2.75) is 0 Å². The molecule has 0 heterocycles. The minimum Gasteiger partial charge on any atom is -0.184 e. The van der Waals surface area contributed by atoms with E-state index in [0.717, 1.165) is 0 Å². The largest absolute Gasteiger partial charge is 2.00 e. The third kappa shape index (κ3) is 7.42. The molecular weight excluding hydrogens is 245 g/mol. The minimum atomic E-state index is 0. The maximum Gasteiger partial charge on any atom is 2.00 e. The quantitative estimate of drug-likeness (QED) is 0.501. The van der Waals surface area contributed by atoms with Crippen molar-refractivity contribution in [3.63, 3.8) is 0 Å². The standard InChI is InChI=1S/2C6H5.Ru/c2*1-2-4-6-5-3-1;/h2*1-5H;/q2*-1;+2. The van der Waals surface area contributed by atoms with Gasteiger partial charge in [-0.1, -0.05) is 0 Å². The van der Waals surface area contributed by atoms with Gasteiger partial charge in [0.25, 0.3) is 0 Å². The third-order valence-electron chi connectivity index (χ3n) is 1.21. The van der Waals surface area contributed by atoms with Crippen LogP contribution in [-0.2, 0) is 19.5 Å². The van der Waals surface area contributed by atoms with Crippen LogP contribution in [0.4, 0.5) is 0 Å². The molecule has 0 spiro atoms. The van der Waals surface area contributed by atoms with Gasteiger partial charge in [0.2, 0.25) is 0 Å². The molecule has 0 aliphatic rings. The van der Waals surface area contributed by atoms with E-state index >= 15 is 0 Å². The van der Waals surface area contributed by atoms with E-state index in [1.807, 2.05) is 60.7 Å². The summed E-state index contributed by atoms with van der Waals surface area (Å²) in [5.41, 5.74) is 0. The molecule has 0 saturated carbocycles. The van der Waals surface area contributed by atoms with Crippen LogP contribution in [0.3, 0.4) is 0 Å². The molecule has 2 aromatic carbocycles. The van der Waals surface area contributed by atoms with Crippen molar-refractivity contribution in [3.05, 3.63) is 72.8 Å². The second-order valence-electron chi connectivity index (χ2n) is 2.15. The zero-order valence-electron chi connectivity index (χ0n) is 7.13. The summed E-state index contributed by atoms with van der Waals surface area (Å²) in [6, 6.07) is 25.0. The Morgan fingerprint density at radius 3 is 0.846 bits per heavy atom. The fourth-order valence-electron chi connectivity index (χ4n) is 0.684. The van der Waals surface area contributed by atoms with Crippen molar-refractivity contribution >= 4 is 0 Å². The molecule has 0 aliphatic heterocycles. The molecule has 1 heteroatoms. The zero-order chi connectivity index (χ0) is 8.49. The Bertz CT molecular complexity index is 181. The molecule has 0 bridgehead atoms. The van der Waals surface area contributed by atoms with Crippen molar-refractivity contribution in [2.24, 2.45) is 0 Å². The van der Waals surface area contributed by atoms with Crippen molar-refractivity contribution < 1.29 is 19.5 Å². The van der Waals surface area contributed by atoms with Crippen LogP contribution in [-0.4, -0.2) is 0 Å². The summed E-state index contributed by atoms with van der Waals surface area (Å²) in [4.78, 5) is 0. The maximum absolute atomic E-state index is 2.89. The van der Waals surface area contributed by atoms with Crippen LogP contribution < -0.4 is 0 Å². The Balaban J connectivity index is 0.000000206. The van der Waals surface area contributed by atoms with Crippen LogP contribution in [0.2, 0.25) is 0 Å². The number of rotatable bonds is 0. The molecule has 0 atom stereocenters. The molecule has 13 heavy (non-hydrogen) atoms. The molecule has 0 N–H and O–H groups in total. The first kappa shape index (κ1) is 12.1. The van der Waals surface area contributed by atoms with Gasteiger partial charge in [-0.15, -0.1) is 0 Å². The predicted octanol–water partition coefficient (Wildman–Crippen LogP) is 2.97. The molecule has 0 aliphatic carbocycles. The molecule has 66 valence electrons.